The van der Waals surface area contributed by atoms with E-state index in [1.54, 1.807) is 11.8 Å². The van der Waals surface area contributed by atoms with Crippen LogP contribution in [0, 0.1) is 0 Å². The lowest BCUT2D eigenvalue weighted by Crippen LogP contribution is -2.50. The Labute approximate surface area is 108 Å². The standard InChI is InChI=1S/C12H23N3O3/c1-10(14-11(16)4-3-5-13-2)12(17)15-6-8-18-9-7-15/h10,13H,3-9H2,1-2H3,(H,14,16). The maximum Gasteiger partial charge on any atom is 0.245 e. The van der Waals surface area contributed by atoms with Gasteiger partial charge in [-0.05, 0) is 26.9 Å². The first-order valence-corrected chi connectivity index (χ1v) is 6.45. The van der Waals surface area contributed by atoms with Crippen LogP contribution < -0.4 is 10.6 Å². The minimum Gasteiger partial charge on any atom is -0.378 e. The molecule has 0 aromatic rings. The smallest absolute Gasteiger partial charge is 0.245 e. The molecule has 0 radical (unpaired) electrons. The van der Waals surface area contributed by atoms with Gasteiger partial charge in [-0.25, -0.2) is 0 Å². The summed E-state index contributed by atoms with van der Waals surface area (Å²) >= 11 is 0. The third kappa shape index (κ3) is 5.01. The molecule has 1 aliphatic rings. The molecule has 0 spiro atoms. The van der Waals surface area contributed by atoms with Gasteiger partial charge in [0.25, 0.3) is 0 Å². The predicted octanol–water partition coefficient (Wildman–Crippen LogP) is -0.650. The molecule has 0 aromatic heterocycles. The average Bonchev–Trinajstić information content (AvgIpc) is 2.39. The zero-order valence-corrected chi connectivity index (χ0v) is 11.2. The Kier molecular flexibility index (Phi) is 6.67. The number of nitrogens with zero attached hydrogens (tertiary/aromatic N) is 1. The van der Waals surface area contributed by atoms with Crippen molar-refractivity contribution in [2.45, 2.75) is 25.8 Å². The fraction of sp³-hybridized carbons (Fsp3) is 0.833. The summed E-state index contributed by atoms with van der Waals surface area (Å²) in [5.41, 5.74) is 0. The Hall–Kier alpha value is -1.14. The lowest BCUT2D eigenvalue weighted by atomic mass is 10.2. The lowest BCUT2D eigenvalue weighted by molar-refractivity contribution is -0.139. The van der Waals surface area contributed by atoms with Crippen LogP contribution in [-0.2, 0) is 14.3 Å². The van der Waals surface area contributed by atoms with Crippen LogP contribution in [0.25, 0.3) is 0 Å². The van der Waals surface area contributed by atoms with E-state index >= 15 is 0 Å². The summed E-state index contributed by atoms with van der Waals surface area (Å²) in [7, 11) is 1.85. The number of rotatable bonds is 6. The lowest BCUT2D eigenvalue weighted by Gasteiger charge is -2.29. The summed E-state index contributed by atoms with van der Waals surface area (Å²) in [6.07, 6.45) is 1.22. The van der Waals surface area contributed by atoms with E-state index in [2.05, 4.69) is 10.6 Å². The summed E-state index contributed by atoms with van der Waals surface area (Å²) in [6, 6.07) is -0.454. The predicted molar refractivity (Wildman–Crippen MR) is 68.2 cm³/mol. The van der Waals surface area contributed by atoms with Crippen molar-refractivity contribution in [1.29, 1.82) is 0 Å². The van der Waals surface area contributed by atoms with Gasteiger partial charge in [0.05, 0.1) is 13.2 Å². The van der Waals surface area contributed by atoms with Crippen molar-refractivity contribution < 1.29 is 14.3 Å². The van der Waals surface area contributed by atoms with Crippen molar-refractivity contribution >= 4 is 11.8 Å². The zero-order valence-electron chi connectivity index (χ0n) is 11.2. The highest BCUT2D eigenvalue weighted by molar-refractivity contribution is 5.87. The van der Waals surface area contributed by atoms with Gasteiger partial charge in [-0.2, -0.15) is 0 Å². The Morgan fingerprint density at radius 1 is 1.33 bits per heavy atom. The largest absolute Gasteiger partial charge is 0.378 e. The molecule has 104 valence electrons. The summed E-state index contributed by atoms with van der Waals surface area (Å²) in [5.74, 6) is -0.0976. The highest BCUT2D eigenvalue weighted by Crippen LogP contribution is 2.01. The Balaban J connectivity index is 2.27. The van der Waals surface area contributed by atoms with Crippen molar-refractivity contribution in [2.24, 2.45) is 0 Å². The van der Waals surface area contributed by atoms with Gasteiger partial charge >= 0.3 is 0 Å². The number of hydrogen-bond acceptors (Lipinski definition) is 4. The molecular formula is C12H23N3O3. The molecule has 2 N–H and O–H groups in total. The molecule has 0 saturated carbocycles. The maximum absolute atomic E-state index is 12.0. The van der Waals surface area contributed by atoms with Crippen LogP contribution in [0.15, 0.2) is 0 Å². The molecule has 18 heavy (non-hydrogen) atoms. The highest BCUT2D eigenvalue weighted by atomic mass is 16.5. The number of hydrogen-bond donors (Lipinski definition) is 2. The first kappa shape index (κ1) is 14.9. The molecule has 1 unspecified atom stereocenters. The molecule has 1 fully saturated rings. The third-order valence-corrected chi connectivity index (χ3v) is 2.90. The highest BCUT2D eigenvalue weighted by Gasteiger charge is 2.23. The number of nitrogens with one attached hydrogen (secondary N) is 2. The minimum absolute atomic E-state index is 0.0275. The van der Waals surface area contributed by atoms with E-state index in [0.717, 1.165) is 13.0 Å². The van der Waals surface area contributed by atoms with E-state index in [4.69, 9.17) is 4.74 Å². The second kappa shape index (κ2) is 8.05. The van der Waals surface area contributed by atoms with E-state index in [1.807, 2.05) is 7.05 Å². The molecule has 0 bridgehead atoms. The molecule has 6 nitrogen and oxygen atoms in total. The molecule has 1 saturated heterocycles. The van der Waals surface area contributed by atoms with Crippen molar-refractivity contribution in [2.75, 3.05) is 39.9 Å². The summed E-state index contributed by atoms with van der Waals surface area (Å²) in [6.45, 7) is 4.91. The SMILES string of the molecule is CNCCCC(=O)NC(C)C(=O)N1CCOCC1. The van der Waals surface area contributed by atoms with Crippen molar-refractivity contribution in [3.63, 3.8) is 0 Å². The first-order chi connectivity index (χ1) is 8.65. The van der Waals surface area contributed by atoms with Crippen LogP contribution in [0.3, 0.4) is 0 Å². The fourth-order valence-electron chi connectivity index (χ4n) is 1.86. The number of ether oxygens (including phenoxy) is 1. The van der Waals surface area contributed by atoms with Crippen LogP contribution in [0.1, 0.15) is 19.8 Å². The zero-order chi connectivity index (χ0) is 13.4. The van der Waals surface area contributed by atoms with Gasteiger partial charge in [0.1, 0.15) is 6.04 Å². The molecule has 6 heteroatoms. The molecule has 0 aromatic carbocycles. The number of carbonyl (C=O) groups excluding carboxylic acids is 2. The fourth-order valence-corrected chi connectivity index (χ4v) is 1.86. The molecule has 0 aliphatic carbocycles. The topological polar surface area (TPSA) is 70.7 Å². The molecule has 1 atom stereocenters. The molecule has 1 rings (SSSR count). The summed E-state index contributed by atoms with van der Waals surface area (Å²) in [5, 5.41) is 5.72. The second-order valence-electron chi connectivity index (χ2n) is 4.43. The van der Waals surface area contributed by atoms with Gasteiger partial charge in [-0.1, -0.05) is 0 Å². The molecular weight excluding hydrogens is 234 g/mol. The number of carbonyl (C=O) groups is 2. The molecule has 1 aliphatic heterocycles. The van der Waals surface area contributed by atoms with Crippen LogP contribution in [0.4, 0.5) is 0 Å². The number of morpholine rings is 1. The number of amides is 2. The van der Waals surface area contributed by atoms with E-state index in [9.17, 15) is 9.59 Å². The van der Waals surface area contributed by atoms with Crippen LogP contribution in [-0.4, -0.2) is 62.7 Å². The van der Waals surface area contributed by atoms with Crippen LogP contribution in [0.2, 0.25) is 0 Å². The van der Waals surface area contributed by atoms with E-state index in [-0.39, 0.29) is 11.8 Å². The normalized spacial score (nSPS) is 17.3. The Morgan fingerprint density at radius 2 is 2.00 bits per heavy atom. The quantitative estimate of drug-likeness (QED) is 0.620. The van der Waals surface area contributed by atoms with E-state index in [0.29, 0.717) is 32.7 Å². The Bertz CT molecular complexity index is 278. The van der Waals surface area contributed by atoms with Gasteiger partial charge in [-0.3, -0.25) is 9.59 Å². The summed E-state index contributed by atoms with van der Waals surface area (Å²) < 4.78 is 5.19. The maximum atomic E-state index is 12.0. The van der Waals surface area contributed by atoms with Crippen molar-refractivity contribution in [1.82, 2.24) is 15.5 Å². The van der Waals surface area contributed by atoms with Gasteiger partial charge in [0, 0.05) is 19.5 Å². The first-order valence-electron chi connectivity index (χ1n) is 6.45. The summed E-state index contributed by atoms with van der Waals surface area (Å²) in [4.78, 5) is 25.3. The monoisotopic (exact) mass is 257 g/mol. The minimum atomic E-state index is -0.454. The third-order valence-electron chi connectivity index (χ3n) is 2.90. The second-order valence-corrected chi connectivity index (χ2v) is 4.43. The van der Waals surface area contributed by atoms with E-state index in [1.165, 1.54) is 0 Å². The van der Waals surface area contributed by atoms with Gasteiger partial charge in [0.15, 0.2) is 0 Å². The van der Waals surface area contributed by atoms with Crippen molar-refractivity contribution in [3.8, 4) is 0 Å². The van der Waals surface area contributed by atoms with Crippen molar-refractivity contribution in [3.05, 3.63) is 0 Å². The molecule has 1 heterocycles. The Morgan fingerprint density at radius 3 is 2.61 bits per heavy atom. The average molecular weight is 257 g/mol. The van der Waals surface area contributed by atoms with Gasteiger partial charge in [-0.15, -0.1) is 0 Å². The van der Waals surface area contributed by atoms with Gasteiger partial charge in [0.2, 0.25) is 11.8 Å². The van der Waals surface area contributed by atoms with Crippen LogP contribution >= 0.6 is 0 Å². The van der Waals surface area contributed by atoms with E-state index < -0.39 is 6.04 Å². The van der Waals surface area contributed by atoms with Gasteiger partial charge < -0.3 is 20.3 Å². The molecule has 2 amide bonds. The van der Waals surface area contributed by atoms with Crippen LogP contribution in [0.5, 0.6) is 0 Å².